The molecular weight excluding hydrogens is 230 g/mol. The summed E-state index contributed by atoms with van der Waals surface area (Å²) in [4.78, 5) is 0. The highest BCUT2D eigenvalue weighted by Crippen LogP contribution is 2.29. The van der Waals surface area contributed by atoms with E-state index in [1.807, 2.05) is 34.9 Å². The second kappa shape index (κ2) is 4.88. The first-order chi connectivity index (χ1) is 8.90. The van der Waals surface area contributed by atoms with E-state index in [-0.39, 0.29) is 12.7 Å². The van der Waals surface area contributed by atoms with Gasteiger partial charge in [-0.3, -0.25) is 4.57 Å². The standard InChI is InChI=1S/C13H15N3O2/c17-9-12-14-15-13(11-7-4-8-18-11)16(12)10-5-2-1-3-6-10/h1-3,5-6,11,17H,4,7-9H2. The highest BCUT2D eigenvalue weighted by molar-refractivity contribution is 5.34. The van der Waals surface area contributed by atoms with Gasteiger partial charge in [0.2, 0.25) is 0 Å². The fourth-order valence-electron chi connectivity index (χ4n) is 2.28. The summed E-state index contributed by atoms with van der Waals surface area (Å²) in [5, 5.41) is 17.6. The van der Waals surface area contributed by atoms with E-state index in [0.29, 0.717) is 5.82 Å². The van der Waals surface area contributed by atoms with Crippen LogP contribution in [-0.4, -0.2) is 26.5 Å². The van der Waals surface area contributed by atoms with Crippen LogP contribution >= 0.6 is 0 Å². The van der Waals surface area contributed by atoms with Gasteiger partial charge in [-0.15, -0.1) is 10.2 Å². The molecule has 1 N–H and O–H groups in total. The van der Waals surface area contributed by atoms with Crippen molar-refractivity contribution in [3.8, 4) is 5.69 Å². The fourth-order valence-corrected chi connectivity index (χ4v) is 2.28. The van der Waals surface area contributed by atoms with Gasteiger partial charge >= 0.3 is 0 Å². The number of para-hydroxylation sites is 1. The first-order valence-corrected chi connectivity index (χ1v) is 6.12. The van der Waals surface area contributed by atoms with E-state index in [9.17, 15) is 5.11 Å². The number of benzene rings is 1. The van der Waals surface area contributed by atoms with Gasteiger partial charge in [0, 0.05) is 12.3 Å². The summed E-state index contributed by atoms with van der Waals surface area (Å²) in [6.45, 7) is 0.634. The zero-order valence-corrected chi connectivity index (χ0v) is 9.99. The van der Waals surface area contributed by atoms with E-state index in [2.05, 4.69) is 10.2 Å². The third-order valence-electron chi connectivity index (χ3n) is 3.13. The minimum absolute atomic E-state index is 0.0157. The summed E-state index contributed by atoms with van der Waals surface area (Å²) < 4.78 is 7.54. The number of aliphatic hydroxyl groups excluding tert-OH is 1. The molecule has 2 heterocycles. The molecule has 0 amide bonds. The van der Waals surface area contributed by atoms with Crippen LogP contribution in [0.1, 0.15) is 30.6 Å². The Morgan fingerprint density at radius 3 is 2.78 bits per heavy atom. The fraction of sp³-hybridized carbons (Fsp3) is 0.385. The van der Waals surface area contributed by atoms with Crippen molar-refractivity contribution in [2.24, 2.45) is 0 Å². The summed E-state index contributed by atoms with van der Waals surface area (Å²) in [5.41, 5.74) is 0.956. The van der Waals surface area contributed by atoms with Gasteiger partial charge in [-0.1, -0.05) is 18.2 Å². The molecule has 5 nitrogen and oxygen atoms in total. The Bertz CT molecular complexity index is 518. The lowest BCUT2D eigenvalue weighted by Gasteiger charge is -2.13. The second-order valence-corrected chi connectivity index (χ2v) is 4.31. The Balaban J connectivity index is 2.07. The maximum Gasteiger partial charge on any atom is 0.166 e. The quantitative estimate of drug-likeness (QED) is 0.892. The Labute approximate surface area is 105 Å². The van der Waals surface area contributed by atoms with Gasteiger partial charge in [-0.2, -0.15) is 0 Å². The molecule has 0 spiro atoms. The predicted octanol–water partition coefficient (Wildman–Crippen LogP) is 1.61. The van der Waals surface area contributed by atoms with Gasteiger partial charge in [-0.05, 0) is 25.0 Å². The highest BCUT2D eigenvalue weighted by atomic mass is 16.5. The SMILES string of the molecule is OCc1nnc(C2CCCO2)n1-c1ccccc1. The summed E-state index contributed by atoms with van der Waals surface area (Å²) in [5.74, 6) is 1.33. The maximum absolute atomic E-state index is 9.37. The average Bonchev–Trinajstić information content (AvgIpc) is 3.08. The lowest BCUT2D eigenvalue weighted by Crippen LogP contribution is -2.09. The molecule has 1 unspecified atom stereocenters. The second-order valence-electron chi connectivity index (χ2n) is 4.31. The molecule has 1 aromatic carbocycles. The number of hydrogen-bond donors (Lipinski definition) is 1. The molecule has 94 valence electrons. The molecule has 0 saturated carbocycles. The van der Waals surface area contributed by atoms with Crippen molar-refractivity contribution in [1.82, 2.24) is 14.8 Å². The van der Waals surface area contributed by atoms with Crippen LogP contribution in [0.2, 0.25) is 0 Å². The van der Waals surface area contributed by atoms with Crippen molar-refractivity contribution in [2.45, 2.75) is 25.6 Å². The molecule has 1 saturated heterocycles. The third-order valence-corrected chi connectivity index (χ3v) is 3.13. The summed E-state index contributed by atoms with van der Waals surface area (Å²) in [6, 6.07) is 9.81. The minimum Gasteiger partial charge on any atom is -0.388 e. The predicted molar refractivity (Wildman–Crippen MR) is 65.2 cm³/mol. The van der Waals surface area contributed by atoms with Gasteiger partial charge in [0.1, 0.15) is 12.7 Å². The van der Waals surface area contributed by atoms with Gasteiger partial charge in [0.15, 0.2) is 11.6 Å². The van der Waals surface area contributed by atoms with E-state index < -0.39 is 0 Å². The third kappa shape index (κ3) is 1.91. The number of rotatable bonds is 3. The van der Waals surface area contributed by atoms with Crippen LogP contribution in [0, 0.1) is 0 Å². The molecule has 1 fully saturated rings. The smallest absolute Gasteiger partial charge is 0.166 e. The highest BCUT2D eigenvalue weighted by Gasteiger charge is 2.25. The van der Waals surface area contributed by atoms with Crippen molar-refractivity contribution in [1.29, 1.82) is 0 Å². The Morgan fingerprint density at radius 2 is 2.11 bits per heavy atom. The zero-order chi connectivity index (χ0) is 12.4. The topological polar surface area (TPSA) is 60.2 Å². The van der Waals surface area contributed by atoms with Crippen LogP contribution in [0.4, 0.5) is 0 Å². The normalized spacial score (nSPS) is 19.3. The number of aliphatic hydroxyl groups is 1. The largest absolute Gasteiger partial charge is 0.388 e. The van der Waals surface area contributed by atoms with E-state index in [1.165, 1.54) is 0 Å². The first kappa shape index (κ1) is 11.4. The Hall–Kier alpha value is -1.72. The van der Waals surface area contributed by atoms with Crippen LogP contribution in [0.15, 0.2) is 30.3 Å². The first-order valence-electron chi connectivity index (χ1n) is 6.12. The van der Waals surface area contributed by atoms with Crippen molar-refractivity contribution in [2.75, 3.05) is 6.61 Å². The van der Waals surface area contributed by atoms with Crippen LogP contribution in [-0.2, 0) is 11.3 Å². The number of ether oxygens (including phenoxy) is 1. The van der Waals surface area contributed by atoms with E-state index in [4.69, 9.17) is 4.74 Å². The molecule has 18 heavy (non-hydrogen) atoms. The van der Waals surface area contributed by atoms with E-state index >= 15 is 0 Å². The minimum atomic E-state index is -0.130. The molecule has 0 radical (unpaired) electrons. The molecular formula is C13H15N3O2. The molecule has 5 heteroatoms. The number of aromatic nitrogens is 3. The lowest BCUT2D eigenvalue weighted by molar-refractivity contribution is 0.103. The molecule has 3 rings (SSSR count). The Kier molecular flexibility index (Phi) is 3.08. The van der Waals surface area contributed by atoms with E-state index in [0.717, 1.165) is 31.0 Å². The van der Waals surface area contributed by atoms with E-state index in [1.54, 1.807) is 0 Å². The molecule has 0 bridgehead atoms. The number of hydrogen-bond acceptors (Lipinski definition) is 4. The molecule has 0 aliphatic carbocycles. The lowest BCUT2D eigenvalue weighted by atomic mass is 10.2. The van der Waals surface area contributed by atoms with Crippen molar-refractivity contribution in [3.63, 3.8) is 0 Å². The van der Waals surface area contributed by atoms with Crippen molar-refractivity contribution in [3.05, 3.63) is 42.0 Å². The van der Waals surface area contributed by atoms with Gasteiger partial charge < -0.3 is 9.84 Å². The summed E-state index contributed by atoms with van der Waals surface area (Å²) in [7, 11) is 0. The van der Waals surface area contributed by atoms with Crippen LogP contribution in [0.25, 0.3) is 5.69 Å². The van der Waals surface area contributed by atoms with Crippen LogP contribution < -0.4 is 0 Å². The maximum atomic E-state index is 9.37. The Morgan fingerprint density at radius 1 is 1.28 bits per heavy atom. The zero-order valence-electron chi connectivity index (χ0n) is 9.99. The van der Waals surface area contributed by atoms with Gasteiger partial charge in [0.25, 0.3) is 0 Å². The van der Waals surface area contributed by atoms with Gasteiger partial charge in [-0.25, -0.2) is 0 Å². The van der Waals surface area contributed by atoms with Crippen LogP contribution in [0.5, 0.6) is 0 Å². The molecule has 1 atom stereocenters. The van der Waals surface area contributed by atoms with Crippen molar-refractivity contribution >= 4 is 0 Å². The molecule has 1 aliphatic heterocycles. The number of nitrogens with zero attached hydrogens (tertiary/aromatic N) is 3. The molecule has 1 aromatic heterocycles. The average molecular weight is 245 g/mol. The summed E-state index contributed by atoms with van der Waals surface area (Å²) in [6.07, 6.45) is 1.98. The molecule has 1 aliphatic rings. The van der Waals surface area contributed by atoms with Gasteiger partial charge in [0.05, 0.1) is 0 Å². The molecule has 2 aromatic rings. The summed E-state index contributed by atoms with van der Waals surface area (Å²) >= 11 is 0. The van der Waals surface area contributed by atoms with Crippen LogP contribution in [0.3, 0.4) is 0 Å². The van der Waals surface area contributed by atoms with Crippen molar-refractivity contribution < 1.29 is 9.84 Å². The monoisotopic (exact) mass is 245 g/mol.